The highest BCUT2D eigenvalue weighted by molar-refractivity contribution is 6.02. The molecule has 6 nitrogen and oxygen atoms in total. The van der Waals surface area contributed by atoms with E-state index in [9.17, 15) is 9.59 Å². The van der Waals surface area contributed by atoms with Crippen LogP contribution in [0, 0.1) is 0 Å². The van der Waals surface area contributed by atoms with Gasteiger partial charge in [0.25, 0.3) is 5.91 Å². The Bertz CT molecular complexity index is 355. The summed E-state index contributed by atoms with van der Waals surface area (Å²) in [5.74, 6) is -0.160. The molecular formula is C11H18N4O2. The molecule has 17 heavy (non-hydrogen) atoms. The van der Waals surface area contributed by atoms with Crippen molar-refractivity contribution in [2.75, 3.05) is 13.1 Å². The van der Waals surface area contributed by atoms with Gasteiger partial charge in [0.1, 0.15) is 6.04 Å². The van der Waals surface area contributed by atoms with Gasteiger partial charge in [-0.05, 0) is 12.8 Å². The zero-order valence-electron chi connectivity index (χ0n) is 10.2. The van der Waals surface area contributed by atoms with Gasteiger partial charge in [0.05, 0.1) is 6.34 Å². The maximum absolute atomic E-state index is 12.2. The monoisotopic (exact) mass is 238 g/mol. The van der Waals surface area contributed by atoms with E-state index in [0.717, 1.165) is 12.8 Å². The first-order valence-corrected chi connectivity index (χ1v) is 6.10. The summed E-state index contributed by atoms with van der Waals surface area (Å²) >= 11 is 0. The third kappa shape index (κ3) is 1.87. The number of hydrogen-bond acceptors (Lipinski definition) is 4. The fraction of sp³-hybridized carbons (Fsp3) is 0.727. The van der Waals surface area contributed by atoms with Crippen LogP contribution in [0.5, 0.6) is 0 Å². The molecule has 0 spiro atoms. The second-order valence-corrected chi connectivity index (χ2v) is 4.30. The molecule has 2 heterocycles. The lowest BCUT2D eigenvalue weighted by molar-refractivity contribution is -0.134. The van der Waals surface area contributed by atoms with Crippen LogP contribution in [0.1, 0.15) is 26.7 Å². The van der Waals surface area contributed by atoms with E-state index in [0.29, 0.717) is 13.1 Å². The van der Waals surface area contributed by atoms with Crippen molar-refractivity contribution in [1.29, 1.82) is 0 Å². The average Bonchev–Trinajstić information content (AvgIpc) is 2.79. The van der Waals surface area contributed by atoms with Crippen LogP contribution in [0.15, 0.2) is 4.99 Å². The summed E-state index contributed by atoms with van der Waals surface area (Å²) in [6, 6.07) is -0.605. The number of carbonyl (C=O) groups is 2. The van der Waals surface area contributed by atoms with Crippen LogP contribution in [0.2, 0.25) is 0 Å². The minimum absolute atomic E-state index is 0.160. The maximum atomic E-state index is 12.2. The summed E-state index contributed by atoms with van der Waals surface area (Å²) in [6.07, 6.45) is 2.80. The fourth-order valence-electron chi connectivity index (χ4n) is 2.26. The van der Waals surface area contributed by atoms with Crippen molar-refractivity contribution in [3.8, 4) is 0 Å². The van der Waals surface area contributed by atoms with Crippen LogP contribution in [0.3, 0.4) is 0 Å². The smallest absolute Gasteiger partial charge is 0.328 e. The number of nitrogens with one attached hydrogen (secondary N) is 1. The molecule has 1 N–H and O–H groups in total. The highest BCUT2D eigenvalue weighted by Crippen LogP contribution is 2.21. The van der Waals surface area contributed by atoms with Gasteiger partial charge in [-0.3, -0.25) is 14.6 Å². The molecule has 2 unspecified atom stereocenters. The summed E-state index contributed by atoms with van der Waals surface area (Å²) in [5.41, 5.74) is 0. The lowest BCUT2D eigenvalue weighted by Gasteiger charge is -2.40. The number of aliphatic imine (C=N–C) groups is 1. The molecule has 0 aromatic carbocycles. The Labute approximate surface area is 101 Å². The Morgan fingerprint density at radius 3 is 2.65 bits per heavy atom. The number of urea groups is 1. The van der Waals surface area contributed by atoms with Crippen LogP contribution in [0.4, 0.5) is 4.79 Å². The number of fused-ring (bicyclic) bond motifs is 1. The number of rotatable bonds is 4. The van der Waals surface area contributed by atoms with Gasteiger partial charge in [-0.2, -0.15) is 0 Å². The molecule has 94 valence electrons. The summed E-state index contributed by atoms with van der Waals surface area (Å²) in [4.78, 5) is 31.5. The summed E-state index contributed by atoms with van der Waals surface area (Å²) in [5, 5.41) is 2.93. The van der Waals surface area contributed by atoms with Crippen LogP contribution < -0.4 is 5.32 Å². The van der Waals surface area contributed by atoms with Gasteiger partial charge < -0.3 is 5.32 Å². The van der Waals surface area contributed by atoms with Gasteiger partial charge in [-0.1, -0.05) is 13.8 Å². The molecule has 2 aliphatic heterocycles. The predicted octanol–water partition coefficient (Wildman–Crippen LogP) is 0.397. The van der Waals surface area contributed by atoms with E-state index < -0.39 is 6.04 Å². The second-order valence-electron chi connectivity index (χ2n) is 4.30. The van der Waals surface area contributed by atoms with Crippen LogP contribution in [0.25, 0.3) is 0 Å². The minimum atomic E-state index is -0.397. The van der Waals surface area contributed by atoms with Crippen molar-refractivity contribution in [2.24, 2.45) is 4.99 Å². The Kier molecular flexibility index (Phi) is 3.31. The van der Waals surface area contributed by atoms with E-state index in [1.165, 1.54) is 11.2 Å². The van der Waals surface area contributed by atoms with E-state index in [1.807, 2.05) is 13.8 Å². The van der Waals surface area contributed by atoms with E-state index in [1.54, 1.807) is 4.90 Å². The fourth-order valence-corrected chi connectivity index (χ4v) is 2.26. The molecule has 2 aliphatic rings. The zero-order valence-corrected chi connectivity index (χ0v) is 10.2. The summed E-state index contributed by atoms with van der Waals surface area (Å²) < 4.78 is 0. The zero-order chi connectivity index (χ0) is 12.4. The predicted molar refractivity (Wildman–Crippen MR) is 63.6 cm³/mol. The van der Waals surface area contributed by atoms with Gasteiger partial charge in [0.2, 0.25) is 0 Å². The van der Waals surface area contributed by atoms with Crippen LogP contribution in [-0.4, -0.2) is 53.4 Å². The third-order valence-electron chi connectivity index (χ3n) is 3.02. The number of imide groups is 1. The Hall–Kier alpha value is -1.59. The van der Waals surface area contributed by atoms with Gasteiger partial charge in [-0.15, -0.1) is 0 Å². The average molecular weight is 238 g/mol. The lowest BCUT2D eigenvalue weighted by atomic mass is 10.1. The third-order valence-corrected chi connectivity index (χ3v) is 3.02. The van der Waals surface area contributed by atoms with E-state index >= 15 is 0 Å². The molecule has 0 radical (unpaired) electrons. The molecule has 2 atom stereocenters. The molecule has 2 rings (SSSR count). The molecule has 0 saturated carbocycles. The van der Waals surface area contributed by atoms with Crippen LogP contribution in [-0.2, 0) is 4.79 Å². The number of carbonyl (C=O) groups excluding carboxylic acids is 2. The van der Waals surface area contributed by atoms with Gasteiger partial charge in [0.15, 0.2) is 6.17 Å². The molecule has 1 fully saturated rings. The Morgan fingerprint density at radius 2 is 2.00 bits per heavy atom. The minimum Gasteiger partial charge on any atom is -0.362 e. The van der Waals surface area contributed by atoms with Gasteiger partial charge in [-0.25, -0.2) is 9.79 Å². The molecule has 0 aromatic heterocycles. The summed E-state index contributed by atoms with van der Waals surface area (Å²) in [6.45, 7) is 5.07. The van der Waals surface area contributed by atoms with Crippen molar-refractivity contribution in [3.63, 3.8) is 0 Å². The number of hydrogen-bond donors (Lipinski definition) is 1. The molecule has 0 aliphatic carbocycles. The maximum Gasteiger partial charge on any atom is 0.328 e. The molecule has 6 heteroatoms. The first-order valence-electron chi connectivity index (χ1n) is 6.10. The Morgan fingerprint density at radius 1 is 1.29 bits per heavy atom. The van der Waals surface area contributed by atoms with Gasteiger partial charge in [0, 0.05) is 13.1 Å². The molecule has 1 saturated heterocycles. The molecule has 0 aromatic rings. The highest BCUT2D eigenvalue weighted by atomic mass is 16.2. The van der Waals surface area contributed by atoms with Crippen molar-refractivity contribution in [1.82, 2.24) is 15.1 Å². The van der Waals surface area contributed by atoms with Crippen molar-refractivity contribution in [2.45, 2.75) is 38.9 Å². The normalized spacial score (nSPS) is 27.4. The molecular weight excluding hydrogens is 220 g/mol. The van der Waals surface area contributed by atoms with Crippen molar-refractivity contribution >= 4 is 18.3 Å². The van der Waals surface area contributed by atoms with Crippen LogP contribution >= 0.6 is 0 Å². The Balaban J connectivity index is 2.23. The number of amides is 3. The SMILES string of the molecule is CCCN1C(=O)C2NC=NC2N(CCC)C1=O. The number of nitrogens with zero attached hydrogens (tertiary/aromatic N) is 3. The first-order chi connectivity index (χ1) is 8.20. The standard InChI is InChI=1S/C11H18N4O2/c1-3-5-14-9-8(12-7-13-9)10(16)15(6-4-2)11(14)17/h7-9H,3-6H2,1-2H3,(H,12,13). The van der Waals surface area contributed by atoms with Gasteiger partial charge >= 0.3 is 6.03 Å². The van der Waals surface area contributed by atoms with E-state index in [2.05, 4.69) is 10.3 Å². The first kappa shape index (κ1) is 11.9. The van der Waals surface area contributed by atoms with Crippen molar-refractivity contribution < 1.29 is 9.59 Å². The molecule has 3 amide bonds. The highest BCUT2D eigenvalue weighted by Gasteiger charge is 2.47. The largest absolute Gasteiger partial charge is 0.362 e. The molecule has 0 bridgehead atoms. The van der Waals surface area contributed by atoms with E-state index in [4.69, 9.17) is 0 Å². The van der Waals surface area contributed by atoms with E-state index in [-0.39, 0.29) is 18.1 Å². The second kappa shape index (κ2) is 4.73. The van der Waals surface area contributed by atoms with Crippen molar-refractivity contribution in [3.05, 3.63) is 0 Å². The quantitative estimate of drug-likeness (QED) is 0.771. The lowest BCUT2D eigenvalue weighted by Crippen LogP contribution is -2.65. The summed E-state index contributed by atoms with van der Waals surface area (Å²) in [7, 11) is 0. The topological polar surface area (TPSA) is 65.0 Å².